The fourth-order valence-electron chi connectivity index (χ4n) is 1.90. The minimum Gasteiger partial charge on any atom is -0.392 e. The molecular weight excluding hydrogens is 248 g/mol. The van der Waals surface area contributed by atoms with Gasteiger partial charge < -0.3 is 5.11 Å². The second-order valence-corrected chi connectivity index (χ2v) is 4.69. The molecule has 0 amide bonds. The van der Waals surface area contributed by atoms with Crippen LogP contribution in [-0.4, -0.2) is 15.1 Å². The van der Waals surface area contributed by atoms with Gasteiger partial charge in [0.05, 0.1) is 6.61 Å². The molecule has 0 radical (unpaired) electrons. The van der Waals surface area contributed by atoms with Crippen molar-refractivity contribution in [2.75, 3.05) is 0 Å². The molecular formula is C14H15ClN2O. The van der Waals surface area contributed by atoms with E-state index in [1.165, 1.54) is 0 Å². The van der Waals surface area contributed by atoms with Gasteiger partial charge in [-0.3, -0.25) is 0 Å². The van der Waals surface area contributed by atoms with E-state index in [0.29, 0.717) is 6.42 Å². The molecule has 1 aromatic carbocycles. The van der Waals surface area contributed by atoms with E-state index in [1.807, 2.05) is 38.1 Å². The molecule has 94 valence electrons. The van der Waals surface area contributed by atoms with Gasteiger partial charge in [0, 0.05) is 28.4 Å². The zero-order valence-electron chi connectivity index (χ0n) is 10.4. The van der Waals surface area contributed by atoms with E-state index in [0.717, 1.165) is 33.4 Å². The normalized spacial score (nSPS) is 10.7. The Morgan fingerprint density at radius 1 is 1.06 bits per heavy atom. The van der Waals surface area contributed by atoms with Gasteiger partial charge in [0.1, 0.15) is 5.82 Å². The second kappa shape index (κ2) is 5.46. The Labute approximate surface area is 111 Å². The molecule has 0 aliphatic rings. The number of hydrogen-bond acceptors (Lipinski definition) is 3. The van der Waals surface area contributed by atoms with Crippen molar-refractivity contribution in [1.29, 1.82) is 0 Å². The molecule has 2 rings (SSSR count). The van der Waals surface area contributed by atoms with Crippen LogP contribution < -0.4 is 0 Å². The summed E-state index contributed by atoms with van der Waals surface area (Å²) in [4.78, 5) is 8.84. The molecule has 1 heterocycles. The average Bonchev–Trinajstić information content (AvgIpc) is 2.32. The van der Waals surface area contributed by atoms with Crippen molar-refractivity contribution in [2.24, 2.45) is 0 Å². The minimum absolute atomic E-state index is 0.0150. The van der Waals surface area contributed by atoms with Crippen LogP contribution in [-0.2, 0) is 13.0 Å². The van der Waals surface area contributed by atoms with Gasteiger partial charge in [0.15, 0.2) is 0 Å². The van der Waals surface area contributed by atoms with Crippen LogP contribution in [0.4, 0.5) is 0 Å². The molecule has 0 unspecified atom stereocenters. The van der Waals surface area contributed by atoms with Crippen LogP contribution in [0.5, 0.6) is 0 Å². The first-order chi connectivity index (χ1) is 8.60. The number of aromatic nitrogens is 2. The summed E-state index contributed by atoms with van der Waals surface area (Å²) in [7, 11) is 0. The van der Waals surface area contributed by atoms with Crippen LogP contribution >= 0.6 is 11.6 Å². The van der Waals surface area contributed by atoms with Gasteiger partial charge in [-0.05, 0) is 31.5 Å². The minimum atomic E-state index is -0.0150. The fourth-order valence-corrected chi connectivity index (χ4v) is 2.03. The van der Waals surface area contributed by atoms with E-state index in [4.69, 9.17) is 11.6 Å². The number of benzene rings is 1. The van der Waals surface area contributed by atoms with Gasteiger partial charge in [0.25, 0.3) is 0 Å². The van der Waals surface area contributed by atoms with Crippen molar-refractivity contribution in [3.63, 3.8) is 0 Å². The number of aliphatic hydroxyl groups excluding tert-OH is 1. The standard InChI is InChI=1S/C14H15ClN2O/c1-9-13(8-18)10(2)17-14(16-9)7-11-3-5-12(15)6-4-11/h3-6,18H,7-8H2,1-2H3. The molecule has 0 atom stereocenters. The fraction of sp³-hybridized carbons (Fsp3) is 0.286. The van der Waals surface area contributed by atoms with E-state index in [9.17, 15) is 5.11 Å². The summed E-state index contributed by atoms with van der Waals surface area (Å²) < 4.78 is 0. The largest absolute Gasteiger partial charge is 0.392 e. The predicted molar refractivity (Wildman–Crippen MR) is 71.7 cm³/mol. The van der Waals surface area contributed by atoms with Crippen molar-refractivity contribution in [3.8, 4) is 0 Å². The third kappa shape index (κ3) is 2.86. The maximum atomic E-state index is 9.22. The maximum Gasteiger partial charge on any atom is 0.133 e. The smallest absolute Gasteiger partial charge is 0.133 e. The molecule has 0 fully saturated rings. The lowest BCUT2D eigenvalue weighted by atomic mass is 10.1. The van der Waals surface area contributed by atoms with Gasteiger partial charge in [-0.2, -0.15) is 0 Å². The molecule has 1 aromatic heterocycles. The SMILES string of the molecule is Cc1nc(Cc2ccc(Cl)cc2)nc(C)c1CO. The Bertz CT molecular complexity index is 529. The highest BCUT2D eigenvalue weighted by Crippen LogP contribution is 2.14. The molecule has 0 bridgehead atoms. The van der Waals surface area contributed by atoms with E-state index in [2.05, 4.69) is 9.97 Å². The lowest BCUT2D eigenvalue weighted by Gasteiger charge is -2.08. The second-order valence-electron chi connectivity index (χ2n) is 4.25. The van der Waals surface area contributed by atoms with E-state index >= 15 is 0 Å². The molecule has 0 spiro atoms. The lowest BCUT2D eigenvalue weighted by Crippen LogP contribution is -2.05. The van der Waals surface area contributed by atoms with E-state index in [1.54, 1.807) is 0 Å². The Kier molecular flexibility index (Phi) is 3.94. The highest BCUT2D eigenvalue weighted by atomic mass is 35.5. The van der Waals surface area contributed by atoms with Gasteiger partial charge in [0.2, 0.25) is 0 Å². The maximum absolute atomic E-state index is 9.22. The number of aryl methyl sites for hydroxylation is 2. The van der Waals surface area contributed by atoms with E-state index < -0.39 is 0 Å². The third-order valence-corrected chi connectivity index (χ3v) is 3.15. The number of aliphatic hydroxyl groups is 1. The highest BCUT2D eigenvalue weighted by molar-refractivity contribution is 6.30. The zero-order chi connectivity index (χ0) is 13.1. The average molecular weight is 263 g/mol. The summed E-state index contributed by atoms with van der Waals surface area (Å²) >= 11 is 5.85. The summed E-state index contributed by atoms with van der Waals surface area (Å²) in [5.41, 5.74) is 3.62. The Morgan fingerprint density at radius 2 is 1.61 bits per heavy atom. The predicted octanol–water partition coefficient (Wildman–Crippen LogP) is 2.83. The van der Waals surface area contributed by atoms with Crippen LogP contribution in [0.1, 0.15) is 28.3 Å². The van der Waals surface area contributed by atoms with Gasteiger partial charge in [-0.1, -0.05) is 23.7 Å². The van der Waals surface area contributed by atoms with E-state index in [-0.39, 0.29) is 6.61 Å². The van der Waals surface area contributed by atoms with Crippen LogP contribution in [0, 0.1) is 13.8 Å². The molecule has 0 saturated heterocycles. The molecule has 0 aliphatic heterocycles. The number of rotatable bonds is 3. The number of nitrogens with zero attached hydrogens (tertiary/aromatic N) is 2. The van der Waals surface area contributed by atoms with Crippen LogP contribution in [0.25, 0.3) is 0 Å². The van der Waals surface area contributed by atoms with Crippen molar-refractivity contribution >= 4 is 11.6 Å². The van der Waals surface area contributed by atoms with Crippen molar-refractivity contribution in [2.45, 2.75) is 26.9 Å². The van der Waals surface area contributed by atoms with Crippen molar-refractivity contribution in [1.82, 2.24) is 9.97 Å². The van der Waals surface area contributed by atoms with Gasteiger partial charge in [-0.25, -0.2) is 9.97 Å². The Morgan fingerprint density at radius 3 is 2.11 bits per heavy atom. The lowest BCUT2D eigenvalue weighted by molar-refractivity contribution is 0.279. The molecule has 1 N–H and O–H groups in total. The summed E-state index contributed by atoms with van der Waals surface area (Å²) in [6.07, 6.45) is 0.671. The third-order valence-electron chi connectivity index (χ3n) is 2.90. The Balaban J connectivity index is 2.27. The summed E-state index contributed by atoms with van der Waals surface area (Å²) in [5.74, 6) is 0.768. The van der Waals surface area contributed by atoms with Gasteiger partial charge in [-0.15, -0.1) is 0 Å². The molecule has 0 aliphatic carbocycles. The van der Waals surface area contributed by atoms with Crippen molar-refractivity contribution < 1.29 is 5.11 Å². The molecule has 4 heteroatoms. The zero-order valence-corrected chi connectivity index (χ0v) is 11.2. The van der Waals surface area contributed by atoms with Gasteiger partial charge >= 0.3 is 0 Å². The molecule has 3 nitrogen and oxygen atoms in total. The van der Waals surface area contributed by atoms with Crippen LogP contribution in [0.3, 0.4) is 0 Å². The quantitative estimate of drug-likeness (QED) is 0.925. The summed E-state index contributed by atoms with van der Waals surface area (Å²) in [6, 6.07) is 7.66. The number of hydrogen-bond donors (Lipinski definition) is 1. The first-order valence-electron chi connectivity index (χ1n) is 5.78. The summed E-state index contributed by atoms with van der Waals surface area (Å²) in [5, 5.41) is 9.94. The van der Waals surface area contributed by atoms with Crippen LogP contribution in [0.2, 0.25) is 5.02 Å². The Hall–Kier alpha value is -1.45. The van der Waals surface area contributed by atoms with Crippen LogP contribution in [0.15, 0.2) is 24.3 Å². The molecule has 18 heavy (non-hydrogen) atoms. The topological polar surface area (TPSA) is 46.0 Å². The summed E-state index contributed by atoms with van der Waals surface area (Å²) in [6.45, 7) is 3.77. The highest BCUT2D eigenvalue weighted by Gasteiger charge is 2.08. The molecule has 2 aromatic rings. The first kappa shape index (κ1) is 13.0. The monoisotopic (exact) mass is 262 g/mol. The molecule has 0 saturated carbocycles. The number of halogens is 1. The van der Waals surface area contributed by atoms with Crippen molar-refractivity contribution in [3.05, 3.63) is 57.6 Å². The first-order valence-corrected chi connectivity index (χ1v) is 6.16.